The minimum atomic E-state index is -0.423. The average Bonchev–Trinajstić information content (AvgIpc) is 3.11. The molecule has 1 N–H and O–H groups in total. The van der Waals surface area contributed by atoms with E-state index in [-0.39, 0.29) is 23.5 Å². The highest BCUT2D eigenvalue weighted by molar-refractivity contribution is 6.31. The molecule has 1 atom stereocenters. The molecule has 142 valence electrons. The molecule has 4 rings (SSSR count). The van der Waals surface area contributed by atoms with E-state index < -0.39 is 5.82 Å². The quantitative estimate of drug-likeness (QED) is 0.714. The number of amides is 1. The lowest BCUT2D eigenvalue weighted by atomic mass is 10.0. The second kappa shape index (κ2) is 7.94. The molecule has 0 spiro atoms. The average molecular weight is 398 g/mol. The van der Waals surface area contributed by atoms with Gasteiger partial charge in [0.25, 0.3) is 0 Å². The lowest BCUT2D eigenvalue weighted by Crippen LogP contribution is -2.35. The van der Waals surface area contributed by atoms with Gasteiger partial charge in [-0.15, -0.1) is 0 Å². The molecule has 0 aliphatic carbocycles. The van der Waals surface area contributed by atoms with Crippen molar-refractivity contribution in [2.75, 3.05) is 6.54 Å². The van der Waals surface area contributed by atoms with Crippen LogP contribution >= 0.6 is 11.6 Å². The molecule has 5 nitrogen and oxygen atoms in total. The molecule has 0 saturated carbocycles. The Balaban J connectivity index is 1.34. The van der Waals surface area contributed by atoms with Crippen LogP contribution in [-0.2, 0) is 17.6 Å². The number of carbonyl (C=O) groups is 1. The number of nitrogens with one attached hydrogen (secondary N) is 1. The van der Waals surface area contributed by atoms with Crippen LogP contribution in [0.15, 0.2) is 55.1 Å². The molecular weight excluding hydrogens is 381 g/mol. The first kappa shape index (κ1) is 18.4. The van der Waals surface area contributed by atoms with Crippen molar-refractivity contribution in [3.63, 3.8) is 0 Å². The molecule has 1 aliphatic heterocycles. The number of halogens is 2. The highest BCUT2D eigenvalue weighted by Gasteiger charge is 2.24. The SMILES string of the molecule is O=C(Cc1ccc(F)cc1Cl)NC[C@H]1Cc2cc(-c3cncnc3)ccc2O1. The summed E-state index contributed by atoms with van der Waals surface area (Å²) in [5, 5.41) is 3.11. The lowest BCUT2D eigenvalue weighted by Gasteiger charge is -2.12. The third-order valence-electron chi connectivity index (χ3n) is 4.59. The van der Waals surface area contributed by atoms with Crippen molar-refractivity contribution in [2.45, 2.75) is 18.9 Å². The van der Waals surface area contributed by atoms with Crippen LogP contribution in [0.5, 0.6) is 5.75 Å². The molecule has 1 amide bonds. The van der Waals surface area contributed by atoms with E-state index in [0.717, 1.165) is 22.4 Å². The molecule has 0 unspecified atom stereocenters. The Bertz CT molecular complexity index is 1010. The van der Waals surface area contributed by atoms with E-state index in [9.17, 15) is 9.18 Å². The minimum absolute atomic E-state index is 0.0942. The molecule has 0 saturated heterocycles. The van der Waals surface area contributed by atoms with Crippen molar-refractivity contribution in [3.05, 3.63) is 77.1 Å². The summed E-state index contributed by atoms with van der Waals surface area (Å²) in [6.07, 6.45) is 5.69. The number of benzene rings is 2. The molecule has 0 fully saturated rings. The predicted molar refractivity (Wildman–Crippen MR) is 104 cm³/mol. The number of hydrogen-bond donors (Lipinski definition) is 1. The Labute approximate surface area is 166 Å². The fraction of sp³-hybridized carbons (Fsp3) is 0.190. The summed E-state index contributed by atoms with van der Waals surface area (Å²) in [5.74, 6) is 0.212. The van der Waals surface area contributed by atoms with Gasteiger partial charge in [-0.2, -0.15) is 0 Å². The number of fused-ring (bicyclic) bond motifs is 1. The van der Waals surface area contributed by atoms with Crippen LogP contribution in [0.4, 0.5) is 4.39 Å². The number of rotatable bonds is 5. The zero-order valence-electron chi connectivity index (χ0n) is 14.9. The number of nitrogens with zero attached hydrogens (tertiary/aromatic N) is 2. The molecule has 28 heavy (non-hydrogen) atoms. The van der Waals surface area contributed by atoms with E-state index in [1.165, 1.54) is 24.5 Å². The van der Waals surface area contributed by atoms with Crippen molar-refractivity contribution in [1.29, 1.82) is 0 Å². The van der Waals surface area contributed by atoms with Crippen LogP contribution in [0, 0.1) is 5.82 Å². The maximum Gasteiger partial charge on any atom is 0.224 e. The van der Waals surface area contributed by atoms with Gasteiger partial charge in [-0.1, -0.05) is 23.7 Å². The Morgan fingerprint density at radius 3 is 2.79 bits per heavy atom. The maximum absolute atomic E-state index is 13.1. The maximum atomic E-state index is 13.1. The van der Waals surface area contributed by atoms with E-state index in [2.05, 4.69) is 21.4 Å². The second-order valence-corrected chi connectivity index (χ2v) is 7.02. The van der Waals surface area contributed by atoms with Crippen molar-refractivity contribution in [1.82, 2.24) is 15.3 Å². The first-order valence-electron chi connectivity index (χ1n) is 8.84. The molecule has 7 heteroatoms. The highest BCUT2D eigenvalue weighted by atomic mass is 35.5. The van der Waals surface area contributed by atoms with E-state index in [1.54, 1.807) is 12.4 Å². The Kier molecular flexibility index (Phi) is 5.21. The van der Waals surface area contributed by atoms with Gasteiger partial charge in [-0.25, -0.2) is 14.4 Å². The lowest BCUT2D eigenvalue weighted by molar-refractivity contribution is -0.120. The van der Waals surface area contributed by atoms with Gasteiger partial charge in [-0.3, -0.25) is 4.79 Å². The number of ether oxygens (including phenoxy) is 1. The summed E-state index contributed by atoms with van der Waals surface area (Å²) in [5.41, 5.74) is 3.64. The molecule has 3 aromatic rings. The third-order valence-corrected chi connectivity index (χ3v) is 4.94. The summed E-state index contributed by atoms with van der Waals surface area (Å²) in [6, 6.07) is 9.98. The summed E-state index contributed by atoms with van der Waals surface area (Å²) < 4.78 is 19.0. The summed E-state index contributed by atoms with van der Waals surface area (Å²) in [4.78, 5) is 20.3. The van der Waals surface area contributed by atoms with E-state index >= 15 is 0 Å². The fourth-order valence-corrected chi connectivity index (χ4v) is 3.42. The standard InChI is InChI=1S/C21H17ClFN3O2/c22-19-8-17(23)3-1-14(19)7-21(27)26-11-18-6-15-5-13(2-4-20(15)28-18)16-9-24-12-25-10-16/h1-5,8-10,12,18H,6-7,11H2,(H,26,27)/t18-/m1/s1. The van der Waals surface area contributed by atoms with E-state index in [1.807, 2.05) is 12.1 Å². The van der Waals surface area contributed by atoms with Crippen LogP contribution in [0.3, 0.4) is 0 Å². The van der Waals surface area contributed by atoms with Gasteiger partial charge >= 0.3 is 0 Å². The smallest absolute Gasteiger partial charge is 0.224 e. The monoisotopic (exact) mass is 397 g/mol. The highest BCUT2D eigenvalue weighted by Crippen LogP contribution is 2.32. The third kappa shape index (κ3) is 4.12. The summed E-state index contributed by atoms with van der Waals surface area (Å²) in [7, 11) is 0. The molecule has 1 aliphatic rings. The van der Waals surface area contributed by atoms with Crippen LogP contribution in [-0.4, -0.2) is 28.5 Å². The summed E-state index contributed by atoms with van der Waals surface area (Å²) in [6.45, 7) is 0.385. The molecule has 2 aromatic carbocycles. The molecule has 1 aromatic heterocycles. The van der Waals surface area contributed by atoms with Crippen molar-refractivity contribution < 1.29 is 13.9 Å². The van der Waals surface area contributed by atoms with Gasteiger partial charge in [0, 0.05) is 29.4 Å². The van der Waals surface area contributed by atoms with E-state index in [4.69, 9.17) is 16.3 Å². The first-order valence-corrected chi connectivity index (χ1v) is 9.22. The van der Waals surface area contributed by atoms with Gasteiger partial charge in [0.05, 0.1) is 13.0 Å². The Hall–Kier alpha value is -2.99. The minimum Gasteiger partial charge on any atom is -0.488 e. The van der Waals surface area contributed by atoms with Crippen molar-refractivity contribution in [3.8, 4) is 16.9 Å². The molecular formula is C21H17ClFN3O2. The largest absolute Gasteiger partial charge is 0.488 e. The zero-order valence-corrected chi connectivity index (χ0v) is 15.6. The fourth-order valence-electron chi connectivity index (χ4n) is 3.19. The molecule has 0 bridgehead atoms. The molecule has 2 heterocycles. The van der Waals surface area contributed by atoms with Crippen LogP contribution in [0.1, 0.15) is 11.1 Å². The van der Waals surface area contributed by atoms with Crippen LogP contribution in [0.2, 0.25) is 5.02 Å². The number of carbonyl (C=O) groups excluding carboxylic acids is 1. The van der Waals surface area contributed by atoms with Gasteiger partial charge < -0.3 is 10.1 Å². The number of hydrogen-bond acceptors (Lipinski definition) is 4. The topological polar surface area (TPSA) is 64.1 Å². The van der Waals surface area contributed by atoms with Gasteiger partial charge in [0.15, 0.2) is 0 Å². The second-order valence-electron chi connectivity index (χ2n) is 6.61. The first-order chi connectivity index (χ1) is 13.6. The molecule has 0 radical (unpaired) electrons. The van der Waals surface area contributed by atoms with Crippen molar-refractivity contribution in [2.24, 2.45) is 0 Å². The van der Waals surface area contributed by atoms with Crippen molar-refractivity contribution >= 4 is 17.5 Å². The van der Waals surface area contributed by atoms with Crippen LogP contribution < -0.4 is 10.1 Å². The van der Waals surface area contributed by atoms with Gasteiger partial charge in [-0.05, 0) is 41.0 Å². The zero-order chi connectivity index (χ0) is 19.5. The number of aromatic nitrogens is 2. The van der Waals surface area contributed by atoms with E-state index in [0.29, 0.717) is 18.5 Å². The normalized spacial score (nSPS) is 15.0. The summed E-state index contributed by atoms with van der Waals surface area (Å²) >= 11 is 5.97. The Morgan fingerprint density at radius 1 is 1.18 bits per heavy atom. The van der Waals surface area contributed by atoms with Gasteiger partial charge in [0.2, 0.25) is 5.91 Å². The predicted octanol–water partition coefficient (Wildman–Crippen LogP) is 3.60. The Morgan fingerprint density at radius 2 is 2.00 bits per heavy atom. The van der Waals surface area contributed by atoms with Gasteiger partial charge in [0.1, 0.15) is 24.0 Å². The van der Waals surface area contributed by atoms with Crippen LogP contribution in [0.25, 0.3) is 11.1 Å².